The molecule has 0 atom stereocenters. The molecule has 2 bridgehead atoms. The van der Waals surface area contributed by atoms with Gasteiger partial charge in [0.05, 0.1) is 57.4 Å². The molecule has 13 aliphatic rings. The SMILES string of the molecule is CC1(C)OCCn2c1nc1c(C3CC3)nc(-c3cnc4c(c3)CCN4)nc12.CC1(C)OCCn2c1nc1c(N3CC4CC3C4)nc(-c3cnc(N)c(C4CC4)c3)nc12.CC1(C)OCCn2c1nc1c(N3CCC(F)(F)C3)nc(-c3cnc(N)c(OCC4CC4)c3)nc12.CC1(C)OCCn2c1nc1c(OCC3CC3)nc(-c3cnc(N)nc3)nc12. The lowest BCUT2D eigenvalue weighted by molar-refractivity contribution is -0.0532. The minimum absolute atomic E-state index is 0.191. The van der Waals surface area contributed by atoms with E-state index in [0.29, 0.717) is 163 Å². The molecule has 0 amide bonds. The van der Waals surface area contributed by atoms with E-state index >= 15 is 0 Å². The molecule has 25 rings (SSSR count). The van der Waals surface area contributed by atoms with E-state index in [4.69, 9.17) is 100 Å². The van der Waals surface area contributed by atoms with Crippen LogP contribution in [0.3, 0.4) is 0 Å². The number of halogens is 2. The van der Waals surface area contributed by atoms with Gasteiger partial charge in [0, 0.05) is 112 Å². The zero-order valence-electron chi connectivity index (χ0n) is 68.2. The third-order valence-corrected chi connectivity index (χ3v) is 24.9. The molecule has 20 heterocycles. The summed E-state index contributed by atoms with van der Waals surface area (Å²) >= 11 is 0. The second-order valence-electron chi connectivity index (χ2n) is 35.8. The summed E-state index contributed by atoms with van der Waals surface area (Å²) in [5.74, 6) is 10.4. The predicted molar refractivity (Wildman–Crippen MR) is 439 cm³/mol. The summed E-state index contributed by atoms with van der Waals surface area (Å²) in [4.78, 5) is 84.0. The summed E-state index contributed by atoms with van der Waals surface area (Å²) in [6.07, 6.45) is 21.3. The molecule has 618 valence electrons. The molecule has 0 spiro atoms. The highest BCUT2D eigenvalue weighted by Crippen LogP contribution is 2.49. The average molecular weight is 1620 g/mol. The number of fused-ring (bicyclic) bond motifs is 14. The van der Waals surface area contributed by atoms with E-state index in [1.54, 1.807) is 29.6 Å². The second-order valence-corrected chi connectivity index (χ2v) is 35.8. The van der Waals surface area contributed by atoms with Gasteiger partial charge in [-0.3, -0.25) is 0 Å². The molecule has 0 unspecified atom stereocenters. The number of alkyl halides is 2. The van der Waals surface area contributed by atoms with Gasteiger partial charge in [-0.05, 0) is 179 Å². The number of nitrogens with zero attached hydrogens (tertiary/aromatic N) is 23. The molecule has 12 aromatic heterocycles. The quantitative estimate of drug-likeness (QED) is 0.0785. The van der Waals surface area contributed by atoms with Crippen molar-refractivity contribution in [1.29, 1.82) is 0 Å². The molecule has 0 radical (unpaired) electrons. The van der Waals surface area contributed by atoms with Crippen molar-refractivity contribution in [2.24, 2.45) is 17.8 Å². The topological polar surface area (TPSA) is 391 Å². The first-order valence-electron chi connectivity index (χ1n) is 42.0. The van der Waals surface area contributed by atoms with E-state index < -0.39 is 34.9 Å². The number of nitrogen functional groups attached to an aromatic ring is 3. The molecule has 12 aromatic rings. The van der Waals surface area contributed by atoms with Crippen LogP contribution >= 0.6 is 0 Å². The zero-order valence-corrected chi connectivity index (χ0v) is 68.2. The first-order chi connectivity index (χ1) is 57.3. The van der Waals surface area contributed by atoms with Gasteiger partial charge >= 0.3 is 0 Å². The zero-order chi connectivity index (χ0) is 81.3. The van der Waals surface area contributed by atoms with Crippen molar-refractivity contribution in [2.75, 3.05) is 98.1 Å². The van der Waals surface area contributed by atoms with E-state index in [2.05, 4.69) is 93.6 Å². The van der Waals surface area contributed by atoms with Gasteiger partial charge in [0.25, 0.3) is 5.92 Å². The van der Waals surface area contributed by atoms with Crippen molar-refractivity contribution in [3.63, 3.8) is 0 Å². The Labute approximate surface area is 683 Å². The van der Waals surface area contributed by atoms with Gasteiger partial charge in [-0.15, -0.1) is 0 Å². The molecular formula is C84H97F2N27O6. The maximum Gasteiger partial charge on any atom is 0.266 e. The molecule has 3 saturated heterocycles. The lowest BCUT2D eigenvalue weighted by atomic mass is 9.86. The van der Waals surface area contributed by atoms with Crippen molar-refractivity contribution in [1.82, 2.24) is 103 Å². The number of rotatable bonds is 14. The van der Waals surface area contributed by atoms with Gasteiger partial charge in [-0.25, -0.2) is 88.5 Å². The highest BCUT2D eigenvalue weighted by Gasteiger charge is 2.47. The maximum atomic E-state index is 14.1. The van der Waals surface area contributed by atoms with Crippen LogP contribution in [0.1, 0.15) is 178 Å². The normalized spacial score (nSPS) is 21.7. The highest BCUT2D eigenvalue weighted by atomic mass is 19.3. The number of anilines is 6. The van der Waals surface area contributed by atoms with Crippen LogP contribution in [0.4, 0.5) is 43.8 Å². The fourth-order valence-electron chi connectivity index (χ4n) is 17.6. The van der Waals surface area contributed by atoms with Gasteiger partial charge in [0.1, 0.15) is 62.9 Å². The molecule has 8 fully saturated rings. The van der Waals surface area contributed by atoms with Crippen LogP contribution in [0.2, 0.25) is 0 Å². The summed E-state index contributed by atoms with van der Waals surface area (Å²) < 4.78 is 72.5. The number of aromatic nitrogens is 21. The van der Waals surface area contributed by atoms with E-state index in [1.807, 2.05) is 44.7 Å². The Morgan fingerprint density at radius 2 is 0.958 bits per heavy atom. The number of nitrogens with two attached hydrogens (primary N) is 3. The van der Waals surface area contributed by atoms with Crippen molar-refractivity contribution >= 4 is 79.7 Å². The predicted octanol–water partition coefficient (Wildman–Crippen LogP) is 11.5. The Morgan fingerprint density at radius 1 is 0.479 bits per heavy atom. The number of ether oxygens (including phenoxy) is 6. The molecule has 7 N–H and O–H groups in total. The summed E-state index contributed by atoms with van der Waals surface area (Å²) in [6.45, 7) is 24.5. The fourth-order valence-corrected chi connectivity index (χ4v) is 17.6. The van der Waals surface area contributed by atoms with Crippen LogP contribution in [0.15, 0.2) is 49.2 Å². The van der Waals surface area contributed by atoms with Crippen LogP contribution < -0.4 is 41.8 Å². The number of nitrogens with one attached hydrogen (secondary N) is 1. The second kappa shape index (κ2) is 28.2. The number of imidazole rings is 4. The van der Waals surface area contributed by atoms with E-state index in [0.717, 1.165) is 137 Å². The molecule has 0 aromatic carbocycles. The molecule has 5 saturated carbocycles. The molecule has 119 heavy (non-hydrogen) atoms. The van der Waals surface area contributed by atoms with Gasteiger partial charge in [-0.2, -0.15) is 4.98 Å². The highest BCUT2D eigenvalue weighted by molar-refractivity contribution is 5.89. The molecule has 33 nitrogen and oxygen atoms in total. The fraction of sp³-hybridized carbons (Fsp3) is 0.536. The lowest BCUT2D eigenvalue weighted by Gasteiger charge is -2.30. The Hall–Kier alpha value is -11.2. The summed E-state index contributed by atoms with van der Waals surface area (Å²) in [7, 11) is 0. The van der Waals surface area contributed by atoms with Gasteiger partial charge in [0.2, 0.25) is 11.8 Å². The van der Waals surface area contributed by atoms with Gasteiger partial charge in [-0.1, -0.05) is 0 Å². The number of hydrogen-bond acceptors (Lipinski definition) is 29. The van der Waals surface area contributed by atoms with Gasteiger partial charge in [0.15, 0.2) is 85.6 Å². The van der Waals surface area contributed by atoms with E-state index in [1.165, 1.54) is 56.9 Å². The van der Waals surface area contributed by atoms with Crippen molar-refractivity contribution < 1.29 is 37.2 Å². The van der Waals surface area contributed by atoms with Crippen molar-refractivity contribution in [2.45, 2.75) is 205 Å². The minimum Gasteiger partial charge on any atom is -0.489 e. The molecule has 8 aliphatic heterocycles. The maximum absolute atomic E-state index is 14.1. The van der Waals surface area contributed by atoms with Crippen LogP contribution in [0.25, 0.3) is 90.2 Å². The van der Waals surface area contributed by atoms with Crippen LogP contribution in [0, 0.1) is 17.8 Å². The molecule has 35 heteroatoms. The van der Waals surface area contributed by atoms with Crippen LogP contribution in [0.5, 0.6) is 11.6 Å². The molecule has 5 aliphatic carbocycles. The van der Waals surface area contributed by atoms with Crippen molar-refractivity contribution in [3.8, 4) is 57.2 Å². The van der Waals surface area contributed by atoms with Crippen molar-refractivity contribution in [3.05, 3.63) is 89.3 Å². The number of hydrogen-bond donors (Lipinski definition) is 4. The van der Waals surface area contributed by atoms with Crippen LogP contribution in [-0.4, -0.2) is 181 Å². The van der Waals surface area contributed by atoms with Crippen LogP contribution in [-0.2, 0) is 74.0 Å². The first kappa shape index (κ1) is 75.3. The third kappa shape index (κ3) is 14.1. The van der Waals surface area contributed by atoms with E-state index in [-0.39, 0.29) is 18.9 Å². The standard InChI is InChI=1S/C23H27F2N7O2.C23H27N7O.C20H22N6O.C18H21N7O2/c1-22(2)21-28-16-19(31-6-5-23(24,25)12-31)29-18(30-20(16)32(21)7-8-34-22)14-9-15(17(26)27-10-14)33-11-13-3-4-13;1-23(2)22-26-17-20(29(22)5-6-31-23)27-19(28-21(17)30-11-12-7-15(30)8-12)14-9-16(13-3-4-13)18(24)25-10-14;1-20(2)19-24-15-14(11-3-4-11)23-17(25-18(15)26(19)7-8-27-20)13-9-12-5-6-21-16(12)22-10-13;1-18(2)16-22-12-14(25(16)5-6-27-18)23-13(11-7-20-17(19)21-8-11)24-15(12)26-9-10-3-4-10/h9-10,13H,3-8,11-12H2,1-2H3,(H2,26,27);9-10,12-13,15H,3-8,11H2,1-2H3,(H2,24,25);9-11H,3-8H2,1-2H3,(H,21,22);7-8,10H,3-6,9H2,1-2H3,(H2,19,20,21). The summed E-state index contributed by atoms with van der Waals surface area (Å²) in [6, 6.07) is 6.68. The smallest absolute Gasteiger partial charge is 0.266 e. The Bertz CT molecular complexity index is 6040. The Balaban J connectivity index is 0.0000000988. The Kier molecular flexibility index (Phi) is 17.9. The summed E-state index contributed by atoms with van der Waals surface area (Å²) in [5, 5.41) is 3.31. The Morgan fingerprint density at radius 3 is 1.50 bits per heavy atom. The minimum atomic E-state index is -2.77. The lowest BCUT2D eigenvalue weighted by Crippen LogP contribution is -2.33. The molecular weight excluding hydrogens is 1520 g/mol. The number of pyridine rings is 3. The first-order valence-corrected chi connectivity index (χ1v) is 42.0. The third-order valence-electron chi connectivity index (χ3n) is 24.9. The average Bonchev–Trinajstić information content (AvgIpc) is 1.60. The van der Waals surface area contributed by atoms with Gasteiger partial charge < -0.3 is 79.0 Å². The largest absolute Gasteiger partial charge is 0.489 e. The van der Waals surface area contributed by atoms with E-state index in [9.17, 15) is 8.78 Å². The summed E-state index contributed by atoms with van der Waals surface area (Å²) in [5.41, 5.74) is 28.7. The monoisotopic (exact) mass is 1620 g/mol.